The largest absolute Gasteiger partial charge is 0.493 e. The summed E-state index contributed by atoms with van der Waals surface area (Å²) in [5.41, 5.74) is 7.13. The standard InChI is InChI=1S/C17H18N2O4/c1-11-3-8-14(15(9-11)22-2)23-10-16(20)19-13-6-4-12(5-7-13)17(18)21/h3-9H,10H2,1-2H3,(H2,18,21)(H,19,20). The zero-order chi connectivity index (χ0) is 16.8. The maximum atomic E-state index is 11.9. The molecule has 0 aromatic heterocycles. The molecular formula is C17H18N2O4. The molecular weight excluding hydrogens is 296 g/mol. The minimum Gasteiger partial charge on any atom is -0.493 e. The Bertz CT molecular complexity index is 711. The van der Waals surface area contributed by atoms with Gasteiger partial charge in [-0.2, -0.15) is 0 Å². The first-order valence-corrected chi connectivity index (χ1v) is 6.97. The fourth-order valence-electron chi connectivity index (χ4n) is 1.95. The molecule has 0 aliphatic heterocycles. The van der Waals surface area contributed by atoms with Crippen molar-refractivity contribution in [2.45, 2.75) is 6.92 Å². The third-order valence-electron chi connectivity index (χ3n) is 3.13. The first-order valence-electron chi connectivity index (χ1n) is 6.97. The molecule has 2 amide bonds. The van der Waals surface area contributed by atoms with Crippen LogP contribution in [0.1, 0.15) is 15.9 Å². The van der Waals surface area contributed by atoms with Crippen molar-refractivity contribution in [2.75, 3.05) is 19.0 Å². The number of anilines is 1. The lowest BCUT2D eigenvalue weighted by molar-refractivity contribution is -0.118. The third kappa shape index (κ3) is 4.47. The molecule has 0 aliphatic rings. The minimum atomic E-state index is -0.516. The second-order valence-corrected chi connectivity index (χ2v) is 4.93. The Kier molecular flexibility index (Phi) is 5.19. The molecule has 6 nitrogen and oxygen atoms in total. The monoisotopic (exact) mass is 314 g/mol. The molecule has 0 radical (unpaired) electrons. The number of primary amides is 1. The molecule has 6 heteroatoms. The van der Waals surface area contributed by atoms with Crippen molar-refractivity contribution < 1.29 is 19.1 Å². The third-order valence-corrected chi connectivity index (χ3v) is 3.13. The number of nitrogens with one attached hydrogen (secondary N) is 1. The van der Waals surface area contributed by atoms with Gasteiger partial charge in [0.2, 0.25) is 5.91 Å². The number of methoxy groups -OCH3 is 1. The molecule has 2 aromatic carbocycles. The van der Waals surface area contributed by atoms with Gasteiger partial charge in [0.25, 0.3) is 5.91 Å². The molecule has 120 valence electrons. The zero-order valence-corrected chi connectivity index (χ0v) is 13.0. The van der Waals surface area contributed by atoms with Crippen LogP contribution in [0.4, 0.5) is 5.69 Å². The van der Waals surface area contributed by atoms with Gasteiger partial charge >= 0.3 is 0 Å². The Balaban J connectivity index is 1.94. The summed E-state index contributed by atoms with van der Waals surface area (Å²) >= 11 is 0. The lowest BCUT2D eigenvalue weighted by Crippen LogP contribution is -2.20. The first-order chi connectivity index (χ1) is 11.0. The summed E-state index contributed by atoms with van der Waals surface area (Å²) in [5.74, 6) is 0.234. The average Bonchev–Trinajstić information content (AvgIpc) is 2.54. The summed E-state index contributed by atoms with van der Waals surface area (Å²) < 4.78 is 10.7. The summed E-state index contributed by atoms with van der Waals surface area (Å²) in [4.78, 5) is 22.9. The maximum absolute atomic E-state index is 11.9. The van der Waals surface area contributed by atoms with Gasteiger partial charge in [-0.05, 0) is 48.9 Å². The van der Waals surface area contributed by atoms with Crippen LogP contribution < -0.4 is 20.5 Å². The summed E-state index contributed by atoms with van der Waals surface area (Å²) in [6.45, 7) is 1.78. The van der Waals surface area contributed by atoms with Crippen LogP contribution >= 0.6 is 0 Å². The van der Waals surface area contributed by atoms with Gasteiger partial charge in [0.15, 0.2) is 18.1 Å². The summed E-state index contributed by atoms with van der Waals surface area (Å²) in [7, 11) is 1.54. The van der Waals surface area contributed by atoms with Crippen molar-refractivity contribution in [3.8, 4) is 11.5 Å². The zero-order valence-electron chi connectivity index (χ0n) is 13.0. The highest BCUT2D eigenvalue weighted by Crippen LogP contribution is 2.27. The molecule has 0 unspecified atom stereocenters. The second-order valence-electron chi connectivity index (χ2n) is 4.93. The number of nitrogens with two attached hydrogens (primary N) is 1. The number of rotatable bonds is 6. The van der Waals surface area contributed by atoms with Crippen molar-refractivity contribution in [2.24, 2.45) is 5.73 Å². The Morgan fingerprint density at radius 3 is 2.39 bits per heavy atom. The predicted molar refractivity (Wildman–Crippen MR) is 86.8 cm³/mol. The van der Waals surface area contributed by atoms with Crippen LogP contribution in [0.2, 0.25) is 0 Å². The van der Waals surface area contributed by atoms with Crippen LogP contribution in [0.15, 0.2) is 42.5 Å². The van der Waals surface area contributed by atoms with Gasteiger partial charge in [-0.15, -0.1) is 0 Å². The van der Waals surface area contributed by atoms with Gasteiger partial charge in [-0.3, -0.25) is 9.59 Å². The highest BCUT2D eigenvalue weighted by Gasteiger charge is 2.08. The van der Waals surface area contributed by atoms with E-state index in [0.717, 1.165) is 5.56 Å². The highest BCUT2D eigenvalue weighted by atomic mass is 16.5. The van der Waals surface area contributed by atoms with Crippen LogP contribution in [0.3, 0.4) is 0 Å². The number of ether oxygens (including phenoxy) is 2. The number of benzene rings is 2. The lowest BCUT2D eigenvalue weighted by atomic mass is 10.2. The van der Waals surface area contributed by atoms with Gasteiger partial charge < -0.3 is 20.5 Å². The van der Waals surface area contributed by atoms with Gasteiger partial charge in [0.1, 0.15) is 0 Å². The van der Waals surface area contributed by atoms with Crippen LogP contribution in [0, 0.1) is 6.92 Å². The number of aryl methyl sites for hydroxylation is 1. The Morgan fingerprint density at radius 2 is 1.78 bits per heavy atom. The van der Waals surface area contributed by atoms with Crippen LogP contribution in [0.25, 0.3) is 0 Å². The fourth-order valence-corrected chi connectivity index (χ4v) is 1.95. The molecule has 3 N–H and O–H groups in total. The normalized spacial score (nSPS) is 10.0. The van der Waals surface area contributed by atoms with Crippen molar-refractivity contribution in [1.82, 2.24) is 0 Å². The maximum Gasteiger partial charge on any atom is 0.262 e. The number of hydrogen-bond donors (Lipinski definition) is 2. The quantitative estimate of drug-likeness (QED) is 0.854. The molecule has 0 saturated carbocycles. The average molecular weight is 314 g/mol. The van der Waals surface area contributed by atoms with Gasteiger partial charge in [0, 0.05) is 11.3 Å². The Morgan fingerprint density at radius 1 is 1.09 bits per heavy atom. The highest BCUT2D eigenvalue weighted by molar-refractivity contribution is 5.95. The SMILES string of the molecule is COc1cc(C)ccc1OCC(=O)Nc1ccc(C(N)=O)cc1. The van der Waals surface area contributed by atoms with E-state index in [0.29, 0.717) is 22.7 Å². The summed E-state index contributed by atoms with van der Waals surface area (Å²) in [5, 5.41) is 2.67. The molecule has 0 fully saturated rings. The first kappa shape index (κ1) is 16.4. The van der Waals surface area contributed by atoms with E-state index >= 15 is 0 Å². The number of carbonyl (C=O) groups excluding carboxylic acids is 2. The van der Waals surface area contributed by atoms with E-state index in [1.807, 2.05) is 19.1 Å². The molecule has 0 aliphatic carbocycles. The number of amides is 2. The van der Waals surface area contributed by atoms with Crippen molar-refractivity contribution in [1.29, 1.82) is 0 Å². The molecule has 2 rings (SSSR count). The molecule has 0 bridgehead atoms. The van der Waals surface area contributed by atoms with E-state index < -0.39 is 5.91 Å². The van der Waals surface area contributed by atoms with Crippen LogP contribution in [-0.4, -0.2) is 25.5 Å². The van der Waals surface area contributed by atoms with E-state index in [1.54, 1.807) is 37.4 Å². The summed E-state index contributed by atoms with van der Waals surface area (Å²) in [6.07, 6.45) is 0. The second kappa shape index (κ2) is 7.31. The number of hydrogen-bond acceptors (Lipinski definition) is 4. The van der Waals surface area contributed by atoms with Gasteiger partial charge in [-0.25, -0.2) is 0 Å². The predicted octanol–water partition coefficient (Wildman–Crippen LogP) is 2.12. The molecule has 0 atom stereocenters. The number of carbonyl (C=O) groups is 2. The van der Waals surface area contributed by atoms with E-state index in [2.05, 4.69) is 5.32 Å². The van der Waals surface area contributed by atoms with Gasteiger partial charge in [-0.1, -0.05) is 6.07 Å². The van der Waals surface area contributed by atoms with Crippen LogP contribution in [-0.2, 0) is 4.79 Å². The summed E-state index contributed by atoms with van der Waals surface area (Å²) in [6, 6.07) is 11.7. The molecule has 23 heavy (non-hydrogen) atoms. The van der Waals surface area contributed by atoms with Crippen molar-refractivity contribution in [3.05, 3.63) is 53.6 Å². The smallest absolute Gasteiger partial charge is 0.262 e. The molecule has 0 heterocycles. The Labute approximate surface area is 134 Å². The van der Waals surface area contributed by atoms with Crippen molar-refractivity contribution >= 4 is 17.5 Å². The molecule has 0 saturated heterocycles. The Hall–Kier alpha value is -3.02. The molecule has 0 spiro atoms. The fraction of sp³-hybridized carbons (Fsp3) is 0.176. The van der Waals surface area contributed by atoms with Crippen LogP contribution in [0.5, 0.6) is 11.5 Å². The van der Waals surface area contributed by atoms with E-state index in [4.69, 9.17) is 15.2 Å². The van der Waals surface area contributed by atoms with Crippen molar-refractivity contribution in [3.63, 3.8) is 0 Å². The van der Waals surface area contributed by atoms with E-state index in [1.165, 1.54) is 0 Å². The van der Waals surface area contributed by atoms with Gasteiger partial charge in [0.05, 0.1) is 7.11 Å². The minimum absolute atomic E-state index is 0.156. The van der Waals surface area contributed by atoms with E-state index in [-0.39, 0.29) is 12.5 Å². The lowest BCUT2D eigenvalue weighted by Gasteiger charge is -2.11. The van der Waals surface area contributed by atoms with E-state index in [9.17, 15) is 9.59 Å². The topological polar surface area (TPSA) is 90.7 Å². The molecule has 2 aromatic rings.